The van der Waals surface area contributed by atoms with E-state index in [1.165, 1.54) is 0 Å². The molecule has 0 aromatic heterocycles. The Labute approximate surface area is 114 Å². The van der Waals surface area contributed by atoms with Crippen LogP contribution in [0.3, 0.4) is 0 Å². The first-order valence-corrected chi connectivity index (χ1v) is 7.67. The highest BCUT2D eigenvalue weighted by molar-refractivity contribution is 7.85. The van der Waals surface area contributed by atoms with Crippen LogP contribution in [0.2, 0.25) is 10.0 Å². The second-order valence-corrected chi connectivity index (χ2v) is 6.84. The molecule has 1 aromatic rings. The Bertz CT molecular complexity index is 439. The number of nitrogens with two attached hydrogens (primary N) is 1. The molecule has 0 amide bonds. The van der Waals surface area contributed by atoms with Crippen molar-refractivity contribution in [2.24, 2.45) is 5.73 Å². The molecular weight excluding hydrogens is 277 g/mol. The summed E-state index contributed by atoms with van der Waals surface area (Å²) in [6, 6.07) is 5.07. The lowest BCUT2D eigenvalue weighted by Gasteiger charge is -2.28. The van der Waals surface area contributed by atoms with E-state index in [1.54, 1.807) is 18.2 Å². The van der Waals surface area contributed by atoms with E-state index >= 15 is 0 Å². The highest BCUT2D eigenvalue weighted by atomic mass is 35.5. The normalized spacial score (nSPS) is 26.8. The van der Waals surface area contributed by atoms with Crippen LogP contribution in [-0.2, 0) is 10.8 Å². The average molecular weight is 292 g/mol. The summed E-state index contributed by atoms with van der Waals surface area (Å²) in [4.78, 5) is 0.613. The number of benzene rings is 1. The van der Waals surface area contributed by atoms with Gasteiger partial charge in [-0.1, -0.05) is 36.0 Å². The first-order chi connectivity index (χ1) is 8.09. The van der Waals surface area contributed by atoms with Gasteiger partial charge in [-0.15, -0.1) is 0 Å². The molecule has 3 unspecified atom stereocenters. The third-order valence-electron chi connectivity index (χ3n) is 3.14. The summed E-state index contributed by atoms with van der Waals surface area (Å²) in [6.45, 7) is 0. The molecule has 1 aliphatic carbocycles. The highest BCUT2D eigenvalue weighted by Gasteiger charge is 2.29. The minimum atomic E-state index is -1.16. The molecule has 0 radical (unpaired) electrons. The van der Waals surface area contributed by atoms with Gasteiger partial charge in [0.1, 0.15) is 0 Å². The Balaban J connectivity index is 2.26. The van der Waals surface area contributed by atoms with E-state index in [-0.39, 0.29) is 11.3 Å². The topological polar surface area (TPSA) is 43.1 Å². The van der Waals surface area contributed by atoms with Gasteiger partial charge in [0.15, 0.2) is 0 Å². The Kier molecular flexibility index (Phi) is 4.47. The van der Waals surface area contributed by atoms with Crippen LogP contribution in [0, 0.1) is 0 Å². The van der Waals surface area contributed by atoms with E-state index in [9.17, 15) is 4.21 Å². The first kappa shape index (κ1) is 13.3. The Morgan fingerprint density at radius 1 is 1.24 bits per heavy atom. The van der Waals surface area contributed by atoms with Crippen LogP contribution in [0.25, 0.3) is 0 Å². The first-order valence-electron chi connectivity index (χ1n) is 5.71. The van der Waals surface area contributed by atoms with Crippen LogP contribution in [0.1, 0.15) is 25.7 Å². The van der Waals surface area contributed by atoms with E-state index in [0.717, 1.165) is 25.7 Å². The number of halogens is 2. The second kappa shape index (κ2) is 5.70. The van der Waals surface area contributed by atoms with Crippen molar-refractivity contribution < 1.29 is 4.21 Å². The molecule has 2 nitrogen and oxygen atoms in total. The summed E-state index contributed by atoms with van der Waals surface area (Å²) in [5.41, 5.74) is 6.04. The van der Waals surface area contributed by atoms with Crippen LogP contribution in [0.5, 0.6) is 0 Å². The van der Waals surface area contributed by atoms with Gasteiger partial charge in [-0.25, -0.2) is 0 Å². The third-order valence-corrected chi connectivity index (χ3v) is 5.72. The minimum absolute atomic E-state index is 0.000262. The van der Waals surface area contributed by atoms with Crippen molar-refractivity contribution in [3.05, 3.63) is 28.2 Å². The average Bonchev–Trinajstić information content (AvgIpc) is 2.32. The minimum Gasteiger partial charge on any atom is -0.327 e. The molecule has 1 aliphatic rings. The molecule has 0 saturated heterocycles. The quantitative estimate of drug-likeness (QED) is 0.908. The second-order valence-electron chi connectivity index (χ2n) is 4.36. The third kappa shape index (κ3) is 3.02. The maximum absolute atomic E-state index is 12.5. The summed E-state index contributed by atoms with van der Waals surface area (Å²) in [5.74, 6) is 0. The van der Waals surface area contributed by atoms with Crippen molar-refractivity contribution in [3.63, 3.8) is 0 Å². The summed E-state index contributed by atoms with van der Waals surface area (Å²) < 4.78 is 12.5. The Morgan fingerprint density at radius 2 is 1.94 bits per heavy atom. The van der Waals surface area contributed by atoms with Gasteiger partial charge in [-0.2, -0.15) is 0 Å². The van der Waals surface area contributed by atoms with Crippen LogP contribution < -0.4 is 5.73 Å². The summed E-state index contributed by atoms with van der Waals surface area (Å²) in [6.07, 6.45) is 4.05. The van der Waals surface area contributed by atoms with Gasteiger partial charge in [0, 0.05) is 11.1 Å². The molecule has 2 N–H and O–H groups in total. The van der Waals surface area contributed by atoms with Gasteiger partial charge in [0.05, 0.1) is 26.0 Å². The molecule has 0 aliphatic heterocycles. The standard InChI is InChI=1S/C12H15Cl2NOS/c13-8-5-6-9(14)12(7-8)17(16)11-4-2-1-3-10(11)15/h5-7,10-11H,1-4,15H2. The zero-order valence-electron chi connectivity index (χ0n) is 9.36. The van der Waals surface area contributed by atoms with Crippen molar-refractivity contribution in [1.29, 1.82) is 0 Å². The van der Waals surface area contributed by atoms with Crippen molar-refractivity contribution in [2.45, 2.75) is 41.9 Å². The number of hydrogen-bond acceptors (Lipinski definition) is 2. The molecule has 5 heteroatoms. The molecular formula is C12H15Cl2NOS. The lowest BCUT2D eigenvalue weighted by molar-refractivity contribution is 0.445. The van der Waals surface area contributed by atoms with Gasteiger partial charge in [-0.05, 0) is 31.0 Å². The summed E-state index contributed by atoms with van der Waals surface area (Å²) in [7, 11) is -1.16. The molecule has 0 spiro atoms. The molecule has 1 aromatic carbocycles. The van der Waals surface area contributed by atoms with Gasteiger partial charge in [0.25, 0.3) is 0 Å². The predicted octanol–water partition coefficient (Wildman–Crippen LogP) is 3.37. The molecule has 1 fully saturated rings. The van der Waals surface area contributed by atoms with Crippen molar-refractivity contribution in [1.82, 2.24) is 0 Å². The van der Waals surface area contributed by atoms with E-state index in [4.69, 9.17) is 28.9 Å². The zero-order valence-corrected chi connectivity index (χ0v) is 11.7. The summed E-state index contributed by atoms with van der Waals surface area (Å²) in [5, 5.41) is 1.06. The van der Waals surface area contributed by atoms with E-state index in [0.29, 0.717) is 14.9 Å². The lowest BCUT2D eigenvalue weighted by atomic mass is 9.96. The van der Waals surface area contributed by atoms with Gasteiger partial charge >= 0.3 is 0 Å². The predicted molar refractivity (Wildman–Crippen MR) is 73.1 cm³/mol. The molecule has 94 valence electrons. The molecule has 17 heavy (non-hydrogen) atoms. The summed E-state index contributed by atoms with van der Waals surface area (Å²) >= 11 is 12.0. The molecule has 0 heterocycles. The maximum atomic E-state index is 12.5. The largest absolute Gasteiger partial charge is 0.327 e. The molecule has 0 bridgehead atoms. The van der Waals surface area contributed by atoms with Crippen LogP contribution in [0.15, 0.2) is 23.1 Å². The van der Waals surface area contributed by atoms with Crippen LogP contribution >= 0.6 is 23.2 Å². The molecule has 1 saturated carbocycles. The smallest absolute Gasteiger partial charge is 0.0592 e. The van der Waals surface area contributed by atoms with Gasteiger partial charge in [-0.3, -0.25) is 4.21 Å². The Morgan fingerprint density at radius 3 is 2.65 bits per heavy atom. The van der Waals surface area contributed by atoms with Gasteiger partial charge < -0.3 is 5.73 Å². The monoisotopic (exact) mass is 291 g/mol. The van der Waals surface area contributed by atoms with Crippen LogP contribution in [-0.4, -0.2) is 15.5 Å². The fraction of sp³-hybridized carbons (Fsp3) is 0.500. The SMILES string of the molecule is NC1CCCCC1S(=O)c1cc(Cl)ccc1Cl. The van der Waals surface area contributed by atoms with Crippen LogP contribution in [0.4, 0.5) is 0 Å². The zero-order chi connectivity index (χ0) is 12.4. The Hall–Kier alpha value is -0.0900. The molecule has 2 rings (SSSR count). The van der Waals surface area contributed by atoms with Crippen molar-refractivity contribution >= 4 is 34.0 Å². The number of hydrogen-bond donors (Lipinski definition) is 1. The number of rotatable bonds is 2. The van der Waals surface area contributed by atoms with Gasteiger partial charge in [0.2, 0.25) is 0 Å². The van der Waals surface area contributed by atoms with Crippen molar-refractivity contribution in [3.8, 4) is 0 Å². The highest BCUT2D eigenvalue weighted by Crippen LogP contribution is 2.30. The fourth-order valence-electron chi connectivity index (χ4n) is 2.19. The van der Waals surface area contributed by atoms with E-state index < -0.39 is 10.8 Å². The fourth-order valence-corrected chi connectivity index (χ4v) is 4.43. The maximum Gasteiger partial charge on any atom is 0.0592 e. The lowest BCUT2D eigenvalue weighted by Crippen LogP contribution is -2.40. The van der Waals surface area contributed by atoms with Crippen molar-refractivity contribution in [2.75, 3.05) is 0 Å². The molecule has 3 atom stereocenters. The van der Waals surface area contributed by atoms with E-state index in [2.05, 4.69) is 0 Å². The van der Waals surface area contributed by atoms with E-state index in [1.807, 2.05) is 0 Å².